The van der Waals surface area contributed by atoms with Crippen molar-refractivity contribution in [2.45, 2.75) is 0 Å². The predicted octanol–water partition coefficient (Wildman–Crippen LogP) is 1.74. The van der Waals surface area contributed by atoms with E-state index in [0.29, 0.717) is 6.54 Å². The SMILES string of the molecule is O=C1c2sccc2-n2cncc2C2=CCN12. The Hall–Kier alpha value is -1.88. The number of hydrogen-bond donors (Lipinski definition) is 0. The van der Waals surface area contributed by atoms with Crippen molar-refractivity contribution < 1.29 is 4.79 Å². The summed E-state index contributed by atoms with van der Waals surface area (Å²) in [6.07, 6.45) is 5.62. The zero-order valence-corrected chi connectivity index (χ0v) is 9.07. The van der Waals surface area contributed by atoms with E-state index in [0.717, 1.165) is 22.0 Å². The van der Waals surface area contributed by atoms with E-state index in [4.69, 9.17) is 0 Å². The Morgan fingerprint density at radius 3 is 3.19 bits per heavy atom. The van der Waals surface area contributed by atoms with E-state index in [9.17, 15) is 4.79 Å². The van der Waals surface area contributed by atoms with Crippen molar-refractivity contribution in [3.63, 3.8) is 0 Å². The molecule has 4 nitrogen and oxygen atoms in total. The standard InChI is InChI=1S/C11H7N3OS/c15-11-10-8(2-4-16-10)14-6-12-5-9(14)7-1-3-13(7)11/h1-2,4-6H,3H2. The van der Waals surface area contributed by atoms with E-state index in [1.807, 2.05) is 16.0 Å². The van der Waals surface area contributed by atoms with Gasteiger partial charge in [-0.1, -0.05) is 0 Å². The zero-order valence-electron chi connectivity index (χ0n) is 8.25. The number of rotatable bonds is 0. The second-order valence-electron chi connectivity index (χ2n) is 3.79. The third kappa shape index (κ3) is 0.806. The number of nitrogens with zero attached hydrogens (tertiary/aromatic N) is 3. The molecule has 2 aliphatic rings. The van der Waals surface area contributed by atoms with Crippen molar-refractivity contribution in [2.75, 3.05) is 6.54 Å². The quantitative estimate of drug-likeness (QED) is 0.690. The molecule has 1 amide bonds. The molecule has 78 valence electrons. The fraction of sp³-hybridized carbons (Fsp3) is 0.0909. The number of carbonyl (C=O) groups is 1. The van der Waals surface area contributed by atoms with Crippen LogP contribution in [0, 0.1) is 0 Å². The minimum absolute atomic E-state index is 0.103. The Morgan fingerprint density at radius 1 is 1.44 bits per heavy atom. The number of imidazole rings is 1. The van der Waals surface area contributed by atoms with Gasteiger partial charge in [0.05, 0.1) is 29.6 Å². The molecule has 0 N–H and O–H groups in total. The summed E-state index contributed by atoms with van der Waals surface area (Å²) in [6, 6.07) is 1.97. The molecule has 0 fully saturated rings. The van der Waals surface area contributed by atoms with Crippen LogP contribution >= 0.6 is 11.3 Å². The summed E-state index contributed by atoms with van der Waals surface area (Å²) in [5.41, 5.74) is 2.92. The van der Waals surface area contributed by atoms with Crippen molar-refractivity contribution >= 4 is 22.9 Å². The lowest BCUT2D eigenvalue weighted by Gasteiger charge is -2.29. The second-order valence-corrected chi connectivity index (χ2v) is 4.71. The Balaban J connectivity index is 2.11. The van der Waals surface area contributed by atoms with E-state index < -0.39 is 0 Å². The zero-order chi connectivity index (χ0) is 10.7. The molecule has 0 atom stereocenters. The van der Waals surface area contributed by atoms with Crippen LogP contribution < -0.4 is 0 Å². The molecule has 0 bridgehead atoms. The first-order chi connectivity index (χ1) is 7.86. The van der Waals surface area contributed by atoms with Crippen LogP contribution in [0.1, 0.15) is 15.4 Å². The minimum atomic E-state index is 0.103. The van der Waals surface area contributed by atoms with Gasteiger partial charge in [-0.2, -0.15) is 0 Å². The Labute approximate surface area is 95.4 Å². The van der Waals surface area contributed by atoms with Gasteiger partial charge in [0.1, 0.15) is 4.88 Å². The lowest BCUT2D eigenvalue weighted by Crippen LogP contribution is -2.35. The predicted molar refractivity (Wildman–Crippen MR) is 60.5 cm³/mol. The molecule has 4 rings (SSSR count). The maximum absolute atomic E-state index is 12.2. The molecular formula is C11H7N3OS. The monoisotopic (exact) mass is 229 g/mol. The molecule has 2 aliphatic heterocycles. The third-order valence-electron chi connectivity index (χ3n) is 3.00. The van der Waals surface area contributed by atoms with Crippen LogP contribution in [0.5, 0.6) is 0 Å². The normalized spacial score (nSPS) is 16.9. The van der Waals surface area contributed by atoms with Crippen LogP contribution in [0.15, 0.2) is 30.0 Å². The molecule has 0 spiro atoms. The van der Waals surface area contributed by atoms with Crippen LogP contribution in [0.2, 0.25) is 0 Å². The van der Waals surface area contributed by atoms with Gasteiger partial charge in [0.15, 0.2) is 0 Å². The van der Waals surface area contributed by atoms with Gasteiger partial charge in [0, 0.05) is 6.54 Å². The van der Waals surface area contributed by atoms with Gasteiger partial charge in [-0.3, -0.25) is 9.36 Å². The number of aromatic nitrogens is 2. The van der Waals surface area contributed by atoms with E-state index in [1.54, 1.807) is 17.4 Å². The average Bonchev–Trinajstić information content (AvgIpc) is 2.80. The summed E-state index contributed by atoms with van der Waals surface area (Å²) in [6.45, 7) is 0.705. The summed E-state index contributed by atoms with van der Waals surface area (Å²) in [4.78, 5) is 18.9. The first-order valence-corrected chi connectivity index (χ1v) is 5.87. The summed E-state index contributed by atoms with van der Waals surface area (Å²) < 4.78 is 1.98. The number of hydrogen-bond acceptors (Lipinski definition) is 3. The smallest absolute Gasteiger partial charge is 0.270 e. The van der Waals surface area contributed by atoms with Crippen LogP contribution in [-0.2, 0) is 0 Å². The van der Waals surface area contributed by atoms with Crippen molar-refractivity contribution in [3.8, 4) is 5.69 Å². The molecule has 0 unspecified atom stereocenters. The number of thiophene rings is 1. The highest BCUT2D eigenvalue weighted by Crippen LogP contribution is 2.36. The van der Waals surface area contributed by atoms with Gasteiger partial charge in [0.25, 0.3) is 5.91 Å². The topological polar surface area (TPSA) is 38.1 Å². The highest BCUT2D eigenvalue weighted by atomic mass is 32.1. The molecule has 0 aliphatic carbocycles. The van der Waals surface area contributed by atoms with Crippen molar-refractivity contribution in [1.82, 2.24) is 14.5 Å². The van der Waals surface area contributed by atoms with Gasteiger partial charge in [-0.25, -0.2) is 4.98 Å². The van der Waals surface area contributed by atoms with Crippen molar-refractivity contribution in [1.29, 1.82) is 0 Å². The van der Waals surface area contributed by atoms with Crippen LogP contribution in [-0.4, -0.2) is 26.9 Å². The van der Waals surface area contributed by atoms with Gasteiger partial charge < -0.3 is 4.90 Å². The Kier molecular flexibility index (Phi) is 1.36. The molecule has 2 aromatic heterocycles. The second kappa shape index (κ2) is 2.62. The number of fused-ring (bicyclic) bond motifs is 5. The molecule has 4 heterocycles. The lowest BCUT2D eigenvalue weighted by atomic mass is 10.1. The van der Waals surface area contributed by atoms with Crippen LogP contribution in [0.3, 0.4) is 0 Å². The summed E-state index contributed by atoms with van der Waals surface area (Å²) in [5, 5.41) is 1.95. The maximum Gasteiger partial charge on any atom is 0.270 e. The molecule has 0 aromatic carbocycles. The molecule has 2 aromatic rings. The van der Waals surface area contributed by atoms with E-state index in [2.05, 4.69) is 11.1 Å². The Morgan fingerprint density at radius 2 is 2.38 bits per heavy atom. The fourth-order valence-corrected chi connectivity index (χ4v) is 2.99. The maximum atomic E-state index is 12.2. The fourth-order valence-electron chi connectivity index (χ4n) is 2.16. The van der Waals surface area contributed by atoms with Crippen molar-refractivity contribution in [3.05, 3.63) is 40.6 Å². The third-order valence-corrected chi connectivity index (χ3v) is 3.89. The van der Waals surface area contributed by atoms with Crippen LogP contribution in [0.25, 0.3) is 11.4 Å². The molecule has 16 heavy (non-hydrogen) atoms. The first kappa shape index (κ1) is 8.29. The van der Waals surface area contributed by atoms with Gasteiger partial charge in [0.2, 0.25) is 0 Å². The van der Waals surface area contributed by atoms with Gasteiger partial charge in [-0.05, 0) is 17.5 Å². The summed E-state index contributed by atoms with van der Waals surface area (Å²) in [5.74, 6) is 0.103. The summed E-state index contributed by atoms with van der Waals surface area (Å²) >= 11 is 1.49. The van der Waals surface area contributed by atoms with E-state index in [1.165, 1.54) is 11.3 Å². The minimum Gasteiger partial charge on any atom is -0.302 e. The highest BCUT2D eigenvalue weighted by molar-refractivity contribution is 7.12. The number of carbonyl (C=O) groups excluding carboxylic acids is 1. The van der Waals surface area contributed by atoms with Crippen molar-refractivity contribution in [2.24, 2.45) is 0 Å². The molecule has 0 saturated carbocycles. The highest BCUT2D eigenvalue weighted by Gasteiger charge is 2.34. The van der Waals surface area contributed by atoms with E-state index >= 15 is 0 Å². The number of amides is 1. The first-order valence-electron chi connectivity index (χ1n) is 4.99. The largest absolute Gasteiger partial charge is 0.302 e. The Bertz CT molecular complexity index is 637. The molecule has 0 saturated heterocycles. The summed E-state index contributed by atoms with van der Waals surface area (Å²) in [7, 11) is 0. The van der Waals surface area contributed by atoms with E-state index in [-0.39, 0.29) is 5.91 Å². The molecule has 0 radical (unpaired) electrons. The van der Waals surface area contributed by atoms with Gasteiger partial charge >= 0.3 is 0 Å². The lowest BCUT2D eigenvalue weighted by molar-refractivity contribution is 0.0839. The van der Waals surface area contributed by atoms with Crippen LogP contribution in [0.4, 0.5) is 0 Å². The molecule has 5 heteroatoms. The van der Waals surface area contributed by atoms with Gasteiger partial charge in [-0.15, -0.1) is 11.3 Å². The average molecular weight is 229 g/mol. The molecular weight excluding hydrogens is 222 g/mol.